The molecule has 0 amide bonds. The van der Waals surface area contributed by atoms with Gasteiger partial charge in [-0.25, -0.2) is 0 Å². The predicted molar refractivity (Wildman–Crippen MR) is 79.4 cm³/mol. The lowest BCUT2D eigenvalue weighted by Crippen LogP contribution is -2.50. The number of hydrogen-bond acceptors (Lipinski definition) is 2. The molecule has 0 aromatic carbocycles. The molecule has 2 rings (SSSR count). The van der Waals surface area contributed by atoms with Crippen LogP contribution < -0.4 is 0 Å². The molecule has 0 aromatic heterocycles. The highest BCUT2D eigenvalue weighted by Gasteiger charge is 2.53. The highest BCUT2D eigenvalue weighted by molar-refractivity contribution is 5.76. The second-order valence-corrected chi connectivity index (χ2v) is 6.90. The Labute approximate surface area is 122 Å². The molecular formula is C17H28O3. The van der Waals surface area contributed by atoms with Crippen molar-refractivity contribution in [1.82, 2.24) is 0 Å². The van der Waals surface area contributed by atoms with E-state index in [9.17, 15) is 15.0 Å². The third-order valence-electron chi connectivity index (χ3n) is 5.78. The van der Waals surface area contributed by atoms with Crippen LogP contribution in [0.5, 0.6) is 0 Å². The number of aliphatic hydroxyl groups is 1. The number of carbonyl (C=O) groups is 1. The van der Waals surface area contributed by atoms with Crippen molar-refractivity contribution in [2.45, 2.75) is 65.4 Å². The normalized spacial score (nSPS) is 38.8. The van der Waals surface area contributed by atoms with E-state index in [1.165, 1.54) is 12.0 Å². The molecule has 114 valence electrons. The van der Waals surface area contributed by atoms with Gasteiger partial charge in [0, 0.05) is 0 Å². The number of carboxylic acids is 1. The van der Waals surface area contributed by atoms with Crippen molar-refractivity contribution in [2.75, 3.05) is 0 Å². The smallest absolute Gasteiger partial charge is 0.310 e. The van der Waals surface area contributed by atoms with E-state index in [1.54, 1.807) is 0 Å². The first-order valence-electron chi connectivity index (χ1n) is 8.01. The first-order chi connectivity index (χ1) is 9.41. The summed E-state index contributed by atoms with van der Waals surface area (Å²) in [5.41, 5.74) is 0.450. The van der Waals surface area contributed by atoms with Crippen molar-refractivity contribution in [1.29, 1.82) is 0 Å². The largest absolute Gasteiger partial charge is 0.481 e. The van der Waals surface area contributed by atoms with Crippen LogP contribution in [-0.2, 0) is 4.79 Å². The highest BCUT2D eigenvalue weighted by Crippen LogP contribution is 2.54. The zero-order chi connectivity index (χ0) is 14.9. The Balaban J connectivity index is 2.38. The minimum absolute atomic E-state index is 0.0331. The fourth-order valence-corrected chi connectivity index (χ4v) is 4.47. The summed E-state index contributed by atoms with van der Waals surface area (Å²) >= 11 is 0. The van der Waals surface area contributed by atoms with Gasteiger partial charge in [0.1, 0.15) is 0 Å². The molecule has 0 aromatic rings. The molecule has 1 fully saturated rings. The fourth-order valence-electron chi connectivity index (χ4n) is 4.47. The highest BCUT2D eigenvalue weighted by atomic mass is 16.4. The monoisotopic (exact) mass is 280 g/mol. The Kier molecular flexibility index (Phi) is 4.58. The quantitative estimate of drug-likeness (QED) is 0.773. The van der Waals surface area contributed by atoms with Crippen molar-refractivity contribution >= 4 is 5.97 Å². The predicted octanol–water partition coefficient (Wildman–Crippen LogP) is 3.62. The number of aliphatic hydroxyl groups excluding tert-OH is 1. The zero-order valence-electron chi connectivity index (χ0n) is 12.9. The van der Waals surface area contributed by atoms with Gasteiger partial charge in [-0.05, 0) is 57.3 Å². The lowest BCUT2D eigenvalue weighted by atomic mass is 9.53. The van der Waals surface area contributed by atoms with Gasteiger partial charge in [-0.15, -0.1) is 0 Å². The van der Waals surface area contributed by atoms with Gasteiger partial charge in [-0.2, -0.15) is 0 Å². The maximum Gasteiger partial charge on any atom is 0.310 e. The number of hydrogen-bond donors (Lipinski definition) is 2. The van der Waals surface area contributed by atoms with Gasteiger partial charge in [0.05, 0.1) is 11.5 Å². The number of aliphatic carboxylic acids is 1. The molecule has 1 saturated carbocycles. The van der Waals surface area contributed by atoms with E-state index < -0.39 is 17.5 Å². The van der Waals surface area contributed by atoms with Crippen LogP contribution in [0.15, 0.2) is 11.6 Å². The van der Waals surface area contributed by atoms with Crippen molar-refractivity contribution < 1.29 is 15.0 Å². The summed E-state index contributed by atoms with van der Waals surface area (Å²) in [6.45, 7) is 5.93. The first kappa shape index (κ1) is 15.6. The van der Waals surface area contributed by atoms with Gasteiger partial charge >= 0.3 is 5.97 Å². The number of allylic oxidation sites excluding steroid dienone is 2. The minimum atomic E-state index is -0.722. The molecule has 0 bridgehead atoms. The Morgan fingerprint density at radius 2 is 2.10 bits per heavy atom. The number of carboxylic acid groups (broad SMARTS) is 1. The van der Waals surface area contributed by atoms with Crippen molar-refractivity contribution in [3.05, 3.63) is 11.6 Å². The van der Waals surface area contributed by atoms with Gasteiger partial charge in [0.2, 0.25) is 0 Å². The van der Waals surface area contributed by atoms with E-state index >= 15 is 0 Å². The summed E-state index contributed by atoms with van der Waals surface area (Å²) in [4.78, 5) is 12.0. The maximum absolute atomic E-state index is 12.0. The van der Waals surface area contributed by atoms with Gasteiger partial charge in [-0.3, -0.25) is 4.79 Å². The number of fused-ring (bicyclic) bond motifs is 1. The average Bonchev–Trinajstić information content (AvgIpc) is 2.42. The molecule has 2 aliphatic carbocycles. The third kappa shape index (κ3) is 2.52. The van der Waals surface area contributed by atoms with E-state index in [0.717, 1.165) is 19.3 Å². The molecular weight excluding hydrogens is 252 g/mol. The molecule has 0 aliphatic heterocycles. The van der Waals surface area contributed by atoms with E-state index in [1.807, 2.05) is 13.8 Å². The molecule has 0 spiro atoms. The lowest BCUT2D eigenvalue weighted by Gasteiger charge is -2.50. The molecule has 5 atom stereocenters. The second kappa shape index (κ2) is 5.88. The molecule has 3 heteroatoms. The standard InChI is InChI=1S/C17H28O3/c1-4-13(18)10-15-11(2)9-12-7-5-6-8-14(12)17(15,3)16(19)20/h9,12-15,18H,4-8,10H2,1-3H3,(H,19,20)/t12-,13-,14+,15-,17+/m1/s1. The summed E-state index contributed by atoms with van der Waals surface area (Å²) in [5, 5.41) is 19.9. The SMILES string of the molecule is CC[C@@H](O)C[C@@H]1C(C)=C[C@H]2CCCC[C@@H]2[C@]1(C)C(=O)O. The van der Waals surface area contributed by atoms with Crippen LogP contribution >= 0.6 is 0 Å². The molecule has 0 radical (unpaired) electrons. The van der Waals surface area contributed by atoms with Crippen LogP contribution in [0.1, 0.15) is 59.3 Å². The van der Waals surface area contributed by atoms with Crippen LogP contribution in [0, 0.1) is 23.2 Å². The van der Waals surface area contributed by atoms with Crippen LogP contribution in [0.25, 0.3) is 0 Å². The molecule has 3 nitrogen and oxygen atoms in total. The number of rotatable bonds is 4. The molecule has 20 heavy (non-hydrogen) atoms. The van der Waals surface area contributed by atoms with Crippen molar-refractivity contribution in [3.63, 3.8) is 0 Å². The summed E-state index contributed by atoms with van der Waals surface area (Å²) in [5.74, 6) is -0.0733. The summed E-state index contributed by atoms with van der Waals surface area (Å²) in [6.07, 6.45) is 7.65. The van der Waals surface area contributed by atoms with E-state index in [4.69, 9.17) is 0 Å². The Hall–Kier alpha value is -0.830. The van der Waals surface area contributed by atoms with Crippen LogP contribution in [0.4, 0.5) is 0 Å². The van der Waals surface area contributed by atoms with Gasteiger partial charge < -0.3 is 10.2 Å². The van der Waals surface area contributed by atoms with Crippen molar-refractivity contribution in [3.8, 4) is 0 Å². The Morgan fingerprint density at radius 1 is 1.45 bits per heavy atom. The maximum atomic E-state index is 12.0. The molecule has 0 saturated heterocycles. The van der Waals surface area contributed by atoms with Crippen LogP contribution in [0.2, 0.25) is 0 Å². The van der Waals surface area contributed by atoms with Crippen LogP contribution in [0.3, 0.4) is 0 Å². The van der Waals surface area contributed by atoms with E-state index in [2.05, 4.69) is 13.0 Å². The average molecular weight is 280 g/mol. The van der Waals surface area contributed by atoms with E-state index in [0.29, 0.717) is 18.8 Å². The summed E-state index contributed by atoms with van der Waals surface area (Å²) in [6, 6.07) is 0. The van der Waals surface area contributed by atoms with Gasteiger partial charge in [0.25, 0.3) is 0 Å². The summed E-state index contributed by atoms with van der Waals surface area (Å²) in [7, 11) is 0. The van der Waals surface area contributed by atoms with Gasteiger partial charge in [-0.1, -0.05) is 31.4 Å². The second-order valence-electron chi connectivity index (χ2n) is 6.90. The Morgan fingerprint density at radius 3 is 2.70 bits per heavy atom. The summed E-state index contributed by atoms with van der Waals surface area (Å²) < 4.78 is 0. The van der Waals surface area contributed by atoms with Crippen LogP contribution in [-0.4, -0.2) is 22.3 Å². The zero-order valence-corrected chi connectivity index (χ0v) is 12.9. The van der Waals surface area contributed by atoms with Crippen molar-refractivity contribution in [2.24, 2.45) is 23.2 Å². The van der Waals surface area contributed by atoms with Gasteiger partial charge in [0.15, 0.2) is 0 Å². The molecule has 0 unspecified atom stereocenters. The third-order valence-corrected chi connectivity index (χ3v) is 5.78. The lowest BCUT2D eigenvalue weighted by molar-refractivity contribution is -0.159. The molecule has 2 aliphatic rings. The minimum Gasteiger partial charge on any atom is -0.481 e. The molecule has 2 N–H and O–H groups in total. The topological polar surface area (TPSA) is 57.5 Å². The first-order valence-corrected chi connectivity index (χ1v) is 8.01. The fraction of sp³-hybridized carbons (Fsp3) is 0.824. The van der Waals surface area contributed by atoms with E-state index in [-0.39, 0.29) is 11.8 Å². The molecule has 0 heterocycles. The Bertz CT molecular complexity index is 401.